The minimum atomic E-state index is 0.303. The van der Waals surface area contributed by atoms with Crippen molar-refractivity contribution in [3.8, 4) is 11.4 Å². The largest absolute Gasteiger partial charge is 0.375 e. The zero-order valence-corrected chi connectivity index (χ0v) is 13.0. The fourth-order valence-electron chi connectivity index (χ4n) is 2.09. The van der Waals surface area contributed by atoms with E-state index in [2.05, 4.69) is 25.4 Å². The number of nitrogens with one attached hydrogen (secondary N) is 1. The number of ether oxygens (including phenoxy) is 1. The predicted molar refractivity (Wildman–Crippen MR) is 84.5 cm³/mol. The first kappa shape index (κ1) is 15.1. The van der Waals surface area contributed by atoms with Crippen LogP contribution in [-0.2, 0) is 17.9 Å². The Morgan fingerprint density at radius 1 is 1.13 bits per heavy atom. The lowest BCUT2D eigenvalue weighted by Gasteiger charge is -2.07. The number of anilines is 1. The topological polar surface area (TPSA) is 86.0 Å². The van der Waals surface area contributed by atoms with Crippen LogP contribution in [0, 0.1) is 6.92 Å². The molecule has 1 aromatic carbocycles. The molecule has 3 aromatic rings. The second kappa shape index (κ2) is 6.97. The molecule has 0 unspecified atom stereocenters. The van der Waals surface area contributed by atoms with E-state index in [1.165, 1.54) is 0 Å². The third-order valence-corrected chi connectivity index (χ3v) is 3.09. The quantitative estimate of drug-likeness (QED) is 0.748. The normalized spacial score (nSPS) is 10.7. The van der Waals surface area contributed by atoms with Gasteiger partial charge in [0.15, 0.2) is 11.6 Å². The molecule has 0 fully saturated rings. The number of methoxy groups -OCH3 is 1. The van der Waals surface area contributed by atoms with Crippen molar-refractivity contribution in [2.45, 2.75) is 20.1 Å². The number of nitrogens with zero attached hydrogens (tertiary/aromatic N) is 4. The van der Waals surface area contributed by atoms with E-state index in [-0.39, 0.29) is 0 Å². The molecular weight excluding hydrogens is 294 g/mol. The molecule has 23 heavy (non-hydrogen) atoms. The lowest BCUT2D eigenvalue weighted by molar-refractivity contribution is 0.151. The van der Waals surface area contributed by atoms with Crippen LogP contribution in [0.4, 0.5) is 5.82 Å². The second-order valence-corrected chi connectivity index (χ2v) is 4.98. The van der Waals surface area contributed by atoms with Crippen LogP contribution < -0.4 is 5.32 Å². The molecule has 7 heteroatoms. The summed E-state index contributed by atoms with van der Waals surface area (Å²) in [6.07, 6.45) is 0. The van der Waals surface area contributed by atoms with Crippen LogP contribution in [0.3, 0.4) is 0 Å². The van der Waals surface area contributed by atoms with Crippen LogP contribution in [0.1, 0.15) is 17.4 Å². The molecule has 2 aromatic heterocycles. The van der Waals surface area contributed by atoms with Gasteiger partial charge in [0, 0.05) is 24.4 Å². The van der Waals surface area contributed by atoms with Crippen molar-refractivity contribution in [2.24, 2.45) is 0 Å². The van der Waals surface area contributed by atoms with Gasteiger partial charge in [-0.15, -0.1) is 0 Å². The van der Waals surface area contributed by atoms with E-state index >= 15 is 0 Å². The highest BCUT2D eigenvalue weighted by molar-refractivity contribution is 5.57. The Morgan fingerprint density at radius 2 is 1.96 bits per heavy atom. The summed E-state index contributed by atoms with van der Waals surface area (Å²) in [4.78, 5) is 13.2. The molecule has 0 atom stereocenters. The maximum absolute atomic E-state index is 5.05. The standard InChI is InChI=1S/C16H17N5O2/c1-11-8-13(17-9-14-19-15(10-22-2)23-21-14)20-16(18-11)12-6-4-3-5-7-12/h3-8H,9-10H2,1-2H3,(H,17,18,20). The number of rotatable bonds is 6. The molecule has 0 amide bonds. The van der Waals surface area contributed by atoms with Crippen LogP contribution in [0.15, 0.2) is 40.9 Å². The van der Waals surface area contributed by atoms with E-state index in [0.717, 1.165) is 17.1 Å². The number of hydrogen-bond acceptors (Lipinski definition) is 7. The summed E-state index contributed by atoms with van der Waals surface area (Å²) >= 11 is 0. The van der Waals surface area contributed by atoms with E-state index < -0.39 is 0 Å². The van der Waals surface area contributed by atoms with Gasteiger partial charge >= 0.3 is 0 Å². The summed E-state index contributed by atoms with van der Waals surface area (Å²) in [5.74, 6) is 2.40. The van der Waals surface area contributed by atoms with Crippen LogP contribution in [0.2, 0.25) is 0 Å². The van der Waals surface area contributed by atoms with Crippen LogP contribution >= 0.6 is 0 Å². The lowest BCUT2D eigenvalue weighted by Crippen LogP contribution is -2.05. The summed E-state index contributed by atoms with van der Waals surface area (Å²) in [6.45, 7) is 2.65. The minimum absolute atomic E-state index is 0.303. The van der Waals surface area contributed by atoms with Crippen molar-refractivity contribution < 1.29 is 9.26 Å². The Bertz CT molecular complexity index is 773. The Hall–Kier alpha value is -2.80. The van der Waals surface area contributed by atoms with Gasteiger partial charge in [-0.2, -0.15) is 4.98 Å². The van der Waals surface area contributed by atoms with Gasteiger partial charge < -0.3 is 14.6 Å². The van der Waals surface area contributed by atoms with Crippen molar-refractivity contribution in [3.63, 3.8) is 0 Å². The van der Waals surface area contributed by atoms with Gasteiger partial charge in [-0.25, -0.2) is 9.97 Å². The van der Waals surface area contributed by atoms with Gasteiger partial charge in [0.2, 0.25) is 0 Å². The summed E-state index contributed by atoms with van der Waals surface area (Å²) in [7, 11) is 1.58. The fourth-order valence-corrected chi connectivity index (χ4v) is 2.09. The van der Waals surface area contributed by atoms with Gasteiger partial charge in [0.1, 0.15) is 12.4 Å². The monoisotopic (exact) mass is 311 g/mol. The van der Waals surface area contributed by atoms with Gasteiger partial charge in [0.05, 0.1) is 6.54 Å². The summed E-state index contributed by atoms with van der Waals surface area (Å²) in [5.41, 5.74) is 1.86. The molecule has 0 saturated heterocycles. The molecule has 0 saturated carbocycles. The van der Waals surface area contributed by atoms with E-state index in [1.807, 2.05) is 43.3 Å². The summed E-state index contributed by atoms with van der Waals surface area (Å²) in [6, 6.07) is 11.7. The van der Waals surface area contributed by atoms with Crippen LogP contribution in [-0.4, -0.2) is 27.2 Å². The van der Waals surface area contributed by atoms with Crippen LogP contribution in [0.25, 0.3) is 11.4 Å². The van der Waals surface area contributed by atoms with Crippen LogP contribution in [0.5, 0.6) is 0 Å². The zero-order valence-electron chi connectivity index (χ0n) is 13.0. The Balaban J connectivity index is 1.73. The van der Waals surface area contributed by atoms with Crippen molar-refractivity contribution >= 4 is 5.82 Å². The molecule has 0 radical (unpaired) electrons. The SMILES string of the molecule is COCc1nc(CNc2cc(C)nc(-c3ccccc3)n2)no1. The highest BCUT2D eigenvalue weighted by Gasteiger charge is 2.08. The number of aryl methyl sites for hydroxylation is 1. The fraction of sp³-hybridized carbons (Fsp3) is 0.250. The molecule has 7 nitrogen and oxygen atoms in total. The molecule has 118 valence electrons. The molecule has 0 spiro atoms. The molecule has 0 aliphatic heterocycles. The van der Waals surface area contributed by atoms with Gasteiger partial charge in [0.25, 0.3) is 5.89 Å². The highest BCUT2D eigenvalue weighted by atomic mass is 16.5. The summed E-state index contributed by atoms with van der Waals surface area (Å²) < 4.78 is 10.00. The van der Waals surface area contributed by atoms with Crippen molar-refractivity contribution in [1.29, 1.82) is 0 Å². The molecule has 1 N–H and O–H groups in total. The smallest absolute Gasteiger partial charge is 0.252 e. The lowest BCUT2D eigenvalue weighted by atomic mass is 10.2. The average molecular weight is 311 g/mol. The molecular formula is C16H17N5O2. The first-order valence-corrected chi connectivity index (χ1v) is 7.20. The van der Waals surface area contributed by atoms with E-state index in [0.29, 0.717) is 30.7 Å². The Labute approximate surface area is 133 Å². The maximum atomic E-state index is 5.05. The van der Waals surface area contributed by atoms with Gasteiger partial charge in [-0.1, -0.05) is 35.5 Å². The third-order valence-electron chi connectivity index (χ3n) is 3.09. The Morgan fingerprint density at radius 3 is 2.74 bits per heavy atom. The number of aromatic nitrogens is 4. The third kappa shape index (κ3) is 3.89. The zero-order chi connectivity index (χ0) is 16.1. The van der Waals surface area contributed by atoms with Gasteiger partial charge in [-0.05, 0) is 6.92 Å². The maximum Gasteiger partial charge on any atom is 0.252 e. The molecule has 0 aliphatic rings. The molecule has 2 heterocycles. The molecule has 3 rings (SSSR count). The predicted octanol–water partition coefficient (Wildman–Crippen LogP) is 2.59. The number of benzene rings is 1. The minimum Gasteiger partial charge on any atom is -0.375 e. The van der Waals surface area contributed by atoms with E-state index in [1.54, 1.807) is 7.11 Å². The first-order valence-electron chi connectivity index (χ1n) is 7.20. The highest BCUT2D eigenvalue weighted by Crippen LogP contribution is 2.17. The van der Waals surface area contributed by atoms with E-state index in [4.69, 9.17) is 9.26 Å². The molecule has 0 aliphatic carbocycles. The molecule has 0 bridgehead atoms. The van der Waals surface area contributed by atoms with Crippen molar-refractivity contribution in [1.82, 2.24) is 20.1 Å². The number of hydrogen-bond donors (Lipinski definition) is 1. The van der Waals surface area contributed by atoms with Crippen molar-refractivity contribution in [2.75, 3.05) is 12.4 Å². The average Bonchev–Trinajstić information content (AvgIpc) is 3.01. The second-order valence-electron chi connectivity index (χ2n) is 4.98. The first-order chi connectivity index (χ1) is 11.2. The Kier molecular flexibility index (Phi) is 4.58. The summed E-state index contributed by atoms with van der Waals surface area (Å²) in [5, 5.41) is 7.07. The van der Waals surface area contributed by atoms with E-state index in [9.17, 15) is 0 Å². The van der Waals surface area contributed by atoms with Gasteiger partial charge in [-0.3, -0.25) is 0 Å². The van der Waals surface area contributed by atoms with Crippen molar-refractivity contribution in [3.05, 3.63) is 53.8 Å².